The third kappa shape index (κ3) is 2.15. The molecule has 0 amide bonds. The molecule has 0 radical (unpaired) electrons. The van der Waals surface area contributed by atoms with Gasteiger partial charge in [-0.05, 0) is 35.8 Å². The quantitative estimate of drug-likeness (QED) is 0.818. The molecule has 1 aliphatic rings. The summed E-state index contributed by atoms with van der Waals surface area (Å²) >= 11 is 0. The van der Waals surface area contributed by atoms with Crippen molar-refractivity contribution >= 4 is 0 Å². The van der Waals surface area contributed by atoms with Gasteiger partial charge in [-0.15, -0.1) is 0 Å². The van der Waals surface area contributed by atoms with Crippen molar-refractivity contribution in [2.75, 3.05) is 0 Å². The maximum absolute atomic E-state index is 6.43. The Hall–Kier alpha value is -0.820. The van der Waals surface area contributed by atoms with E-state index in [2.05, 4.69) is 38.1 Å². The molecule has 0 saturated heterocycles. The second kappa shape index (κ2) is 4.58. The van der Waals surface area contributed by atoms with Gasteiger partial charge in [0, 0.05) is 6.04 Å². The summed E-state index contributed by atoms with van der Waals surface area (Å²) in [7, 11) is 0. The summed E-state index contributed by atoms with van der Waals surface area (Å²) in [6.45, 7) is 4.53. The zero-order valence-electron chi connectivity index (χ0n) is 10.5. The SMILES string of the molecule is CCc1ccc(C(N)C2(C)CCCC2)cc1. The van der Waals surface area contributed by atoms with Crippen molar-refractivity contribution < 1.29 is 0 Å². The highest BCUT2D eigenvalue weighted by Gasteiger charge is 2.35. The Morgan fingerprint density at radius 2 is 1.75 bits per heavy atom. The van der Waals surface area contributed by atoms with Crippen LogP contribution in [0.25, 0.3) is 0 Å². The van der Waals surface area contributed by atoms with Gasteiger partial charge in [0.15, 0.2) is 0 Å². The first-order valence-corrected chi connectivity index (χ1v) is 6.50. The fraction of sp³-hybridized carbons (Fsp3) is 0.600. The van der Waals surface area contributed by atoms with Crippen molar-refractivity contribution in [3.63, 3.8) is 0 Å². The zero-order chi connectivity index (χ0) is 11.6. The maximum Gasteiger partial charge on any atom is 0.0349 e. The van der Waals surface area contributed by atoms with Crippen molar-refractivity contribution in [2.45, 2.75) is 52.0 Å². The highest BCUT2D eigenvalue weighted by molar-refractivity contribution is 5.26. The average Bonchev–Trinajstić information content (AvgIpc) is 2.77. The number of nitrogens with two attached hydrogens (primary N) is 1. The van der Waals surface area contributed by atoms with Gasteiger partial charge in [-0.2, -0.15) is 0 Å². The van der Waals surface area contributed by atoms with Crippen LogP contribution in [0.15, 0.2) is 24.3 Å². The minimum Gasteiger partial charge on any atom is -0.323 e. The molecule has 0 aromatic heterocycles. The number of benzene rings is 1. The number of hydrogen-bond donors (Lipinski definition) is 1. The van der Waals surface area contributed by atoms with Gasteiger partial charge in [0.05, 0.1) is 0 Å². The van der Waals surface area contributed by atoms with Crippen molar-refractivity contribution in [3.8, 4) is 0 Å². The van der Waals surface area contributed by atoms with Crippen LogP contribution in [0.1, 0.15) is 56.7 Å². The zero-order valence-corrected chi connectivity index (χ0v) is 10.5. The van der Waals surface area contributed by atoms with Gasteiger partial charge in [0.25, 0.3) is 0 Å². The van der Waals surface area contributed by atoms with Crippen molar-refractivity contribution in [2.24, 2.45) is 11.1 Å². The third-order valence-electron chi connectivity index (χ3n) is 4.24. The molecule has 1 unspecified atom stereocenters. The summed E-state index contributed by atoms with van der Waals surface area (Å²) in [5.41, 5.74) is 9.46. The monoisotopic (exact) mass is 217 g/mol. The summed E-state index contributed by atoms with van der Waals surface area (Å²) in [6, 6.07) is 9.07. The lowest BCUT2D eigenvalue weighted by Gasteiger charge is -2.31. The van der Waals surface area contributed by atoms with Gasteiger partial charge in [-0.25, -0.2) is 0 Å². The number of rotatable bonds is 3. The van der Waals surface area contributed by atoms with Gasteiger partial charge in [-0.3, -0.25) is 0 Å². The minimum absolute atomic E-state index is 0.209. The van der Waals surface area contributed by atoms with E-state index in [-0.39, 0.29) is 6.04 Å². The van der Waals surface area contributed by atoms with E-state index in [9.17, 15) is 0 Å². The second-order valence-corrected chi connectivity index (χ2v) is 5.43. The Kier molecular flexibility index (Phi) is 3.34. The topological polar surface area (TPSA) is 26.0 Å². The van der Waals surface area contributed by atoms with Crippen molar-refractivity contribution in [1.29, 1.82) is 0 Å². The molecule has 1 fully saturated rings. The van der Waals surface area contributed by atoms with E-state index >= 15 is 0 Å². The molecule has 16 heavy (non-hydrogen) atoms. The van der Waals surface area contributed by atoms with Crippen LogP contribution in [-0.4, -0.2) is 0 Å². The Bertz CT molecular complexity index is 333. The fourth-order valence-electron chi connectivity index (χ4n) is 2.86. The molecule has 88 valence electrons. The molecule has 1 aromatic carbocycles. The molecular formula is C15H23N. The van der Waals surface area contributed by atoms with Crippen LogP contribution in [0.3, 0.4) is 0 Å². The normalized spacial score (nSPS) is 20.9. The van der Waals surface area contributed by atoms with E-state index in [1.54, 1.807) is 0 Å². The summed E-state index contributed by atoms with van der Waals surface area (Å²) < 4.78 is 0. The third-order valence-corrected chi connectivity index (χ3v) is 4.24. The smallest absolute Gasteiger partial charge is 0.0349 e. The van der Waals surface area contributed by atoms with E-state index < -0.39 is 0 Å². The fourth-order valence-corrected chi connectivity index (χ4v) is 2.86. The molecule has 0 spiro atoms. The first-order chi connectivity index (χ1) is 7.65. The highest BCUT2D eigenvalue weighted by atomic mass is 14.7. The second-order valence-electron chi connectivity index (χ2n) is 5.43. The van der Waals surface area contributed by atoms with Crippen LogP contribution in [0.5, 0.6) is 0 Å². The van der Waals surface area contributed by atoms with Crippen LogP contribution >= 0.6 is 0 Å². The van der Waals surface area contributed by atoms with Crippen LogP contribution in [0.2, 0.25) is 0 Å². The van der Waals surface area contributed by atoms with Crippen LogP contribution < -0.4 is 5.73 Å². The predicted molar refractivity (Wildman–Crippen MR) is 69.3 cm³/mol. The van der Waals surface area contributed by atoms with E-state index in [0.717, 1.165) is 6.42 Å². The molecule has 1 nitrogen and oxygen atoms in total. The number of aryl methyl sites for hydroxylation is 1. The van der Waals surface area contributed by atoms with Crippen LogP contribution in [0.4, 0.5) is 0 Å². The van der Waals surface area contributed by atoms with Crippen LogP contribution in [-0.2, 0) is 6.42 Å². The Morgan fingerprint density at radius 3 is 2.25 bits per heavy atom. The van der Waals surface area contributed by atoms with Crippen LogP contribution in [0, 0.1) is 5.41 Å². The lowest BCUT2D eigenvalue weighted by atomic mass is 9.78. The van der Waals surface area contributed by atoms with E-state index in [1.807, 2.05) is 0 Å². The molecule has 0 heterocycles. The Balaban J connectivity index is 2.16. The summed E-state index contributed by atoms with van der Waals surface area (Å²) in [5, 5.41) is 0. The van der Waals surface area contributed by atoms with Gasteiger partial charge in [-0.1, -0.05) is 51.0 Å². The first-order valence-electron chi connectivity index (χ1n) is 6.50. The number of hydrogen-bond acceptors (Lipinski definition) is 1. The predicted octanol–water partition coefficient (Wildman–Crippen LogP) is 3.83. The van der Waals surface area contributed by atoms with E-state index in [0.29, 0.717) is 5.41 Å². The van der Waals surface area contributed by atoms with Gasteiger partial charge < -0.3 is 5.73 Å². The van der Waals surface area contributed by atoms with Crippen molar-refractivity contribution in [3.05, 3.63) is 35.4 Å². The Labute approximate surface area is 99.0 Å². The maximum atomic E-state index is 6.43. The molecular weight excluding hydrogens is 194 g/mol. The van der Waals surface area contributed by atoms with E-state index in [1.165, 1.54) is 36.8 Å². The Morgan fingerprint density at radius 1 is 1.19 bits per heavy atom. The minimum atomic E-state index is 0.209. The first kappa shape index (κ1) is 11.7. The van der Waals surface area contributed by atoms with Gasteiger partial charge >= 0.3 is 0 Å². The molecule has 1 saturated carbocycles. The lowest BCUT2D eigenvalue weighted by molar-refractivity contribution is 0.265. The molecule has 1 atom stereocenters. The van der Waals surface area contributed by atoms with Gasteiger partial charge in [0.2, 0.25) is 0 Å². The summed E-state index contributed by atoms with van der Waals surface area (Å²) in [5.74, 6) is 0. The highest BCUT2D eigenvalue weighted by Crippen LogP contribution is 2.45. The molecule has 2 N–H and O–H groups in total. The molecule has 1 aliphatic carbocycles. The standard InChI is InChI=1S/C15H23N/c1-3-12-6-8-13(9-7-12)14(16)15(2)10-4-5-11-15/h6-9,14H,3-5,10-11,16H2,1-2H3. The lowest BCUT2D eigenvalue weighted by Crippen LogP contribution is -2.29. The summed E-state index contributed by atoms with van der Waals surface area (Å²) in [6.07, 6.45) is 6.36. The summed E-state index contributed by atoms with van der Waals surface area (Å²) in [4.78, 5) is 0. The molecule has 0 aliphatic heterocycles. The van der Waals surface area contributed by atoms with Gasteiger partial charge in [0.1, 0.15) is 0 Å². The largest absolute Gasteiger partial charge is 0.323 e. The molecule has 2 rings (SSSR count). The molecule has 0 bridgehead atoms. The molecule has 1 heteroatoms. The molecule has 1 aromatic rings. The van der Waals surface area contributed by atoms with E-state index in [4.69, 9.17) is 5.73 Å². The average molecular weight is 217 g/mol. The van der Waals surface area contributed by atoms with Crippen molar-refractivity contribution in [1.82, 2.24) is 0 Å².